The van der Waals surface area contributed by atoms with Crippen LogP contribution in [0.15, 0.2) is 47.4 Å². The quantitative estimate of drug-likeness (QED) is 0.595. The maximum atomic E-state index is 12.1. The van der Waals surface area contributed by atoms with Crippen molar-refractivity contribution < 1.29 is 22.9 Å². The summed E-state index contributed by atoms with van der Waals surface area (Å²) in [6.07, 6.45) is 0.857. The van der Waals surface area contributed by atoms with Gasteiger partial charge in [0.05, 0.1) is 9.82 Å². The second kappa shape index (κ2) is 7.50. The summed E-state index contributed by atoms with van der Waals surface area (Å²) in [5, 5.41) is 11.4. The molecule has 2 rings (SSSR count). The number of nitro groups is 1. The van der Waals surface area contributed by atoms with Crippen molar-refractivity contribution in [2.75, 3.05) is 6.26 Å². The minimum absolute atomic E-state index is 0.213. The highest BCUT2D eigenvalue weighted by atomic mass is 35.5. The number of nitrogens with zero attached hydrogens (tertiary/aromatic N) is 1. The number of hydrogen-bond donors (Lipinski definition) is 2. The molecule has 11 heteroatoms. The van der Waals surface area contributed by atoms with Crippen molar-refractivity contribution in [2.45, 2.75) is 4.90 Å². The molecule has 2 N–H and O–H groups in total. The van der Waals surface area contributed by atoms with Gasteiger partial charge in [-0.15, -0.1) is 0 Å². The molecule has 9 nitrogen and oxygen atoms in total. The van der Waals surface area contributed by atoms with E-state index in [4.69, 9.17) is 11.6 Å². The number of non-ortho nitro benzene ring substituents is 1. The van der Waals surface area contributed by atoms with E-state index in [-0.39, 0.29) is 16.0 Å². The molecule has 0 saturated heterocycles. The summed E-state index contributed by atoms with van der Waals surface area (Å²) in [5.41, 5.74) is 3.54. The lowest BCUT2D eigenvalue weighted by Crippen LogP contribution is -2.41. The Kier molecular flexibility index (Phi) is 5.58. The second-order valence-electron chi connectivity index (χ2n) is 5.16. The van der Waals surface area contributed by atoms with Crippen molar-refractivity contribution in [2.24, 2.45) is 0 Å². The average molecular weight is 398 g/mol. The number of nitrogens with one attached hydrogen (secondary N) is 2. The zero-order valence-electron chi connectivity index (χ0n) is 13.2. The van der Waals surface area contributed by atoms with Gasteiger partial charge in [0, 0.05) is 34.5 Å². The van der Waals surface area contributed by atoms with Crippen LogP contribution in [0.2, 0.25) is 5.02 Å². The number of amides is 2. The summed E-state index contributed by atoms with van der Waals surface area (Å²) in [7, 11) is -3.78. The van der Waals surface area contributed by atoms with Crippen LogP contribution in [0.3, 0.4) is 0 Å². The summed E-state index contributed by atoms with van der Waals surface area (Å²) >= 11 is 5.71. The molecular formula is C15H12ClN3O6S. The molecule has 2 aromatic carbocycles. The molecule has 0 bridgehead atoms. The predicted molar refractivity (Wildman–Crippen MR) is 92.6 cm³/mol. The van der Waals surface area contributed by atoms with Gasteiger partial charge in [0.2, 0.25) is 0 Å². The smallest absolute Gasteiger partial charge is 0.267 e. The van der Waals surface area contributed by atoms with Gasteiger partial charge in [-0.2, -0.15) is 0 Å². The van der Waals surface area contributed by atoms with E-state index < -0.39 is 32.3 Å². The normalized spacial score (nSPS) is 10.8. The number of rotatable bonds is 4. The van der Waals surface area contributed by atoms with Crippen molar-refractivity contribution in [3.8, 4) is 0 Å². The number of halogens is 1. The van der Waals surface area contributed by atoms with Crippen LogP contribution in [-0.4, -0.2) is 31.4 Å². The van der Waals surface area contributed by atoms with Gasteiger partial charge in [0.1, 0.15) is 0 Å². The first kappa shape index (κ1) is 19.3. The molecule has 0 radical (unpaired) electrons. The summed E-state index contributed by atoms with van der Waals surface area (Å²) in [4.78, 5) is 33.8. The molecular weight excluding hydrogens is 386 g/mol. The average Bonchev–Trinajstić information content (AvgIpc) is 2.58. The maximum Gasteiger partial charge on any atom is 0.271 e. The van der Waals surface area contributed by atoms with Crippen LogP contribution in [0.4, 0.5) is 5.69 Å². The molecule has 0 atom stereocenters. The molecule has 0 unspecified atom stereocenters. The first-order valence-electron chi connectivity index (χ1n) is 6.94. The van der Waals surface area contributed by atoms with E-state index in [1.54, 1.807) is 0 Å². The van der Waals surface area contributed by atoms with Gasteiger partial charge in [0.25, 0.3) is 17.5 Å². The minimum Gasteiger partial charge on any atom is -0.267 e. The van der Waals surface area contributed by atoms with Crippen LogP contribution in [0, 0.1) is 10.1 Å². The second-order valence-corrected chi connectivity index (χ2v) is 7.61. The van der Waals surface area contributed by atoms with Crippen molar-refractivity contribution in [1.82, 2.24) is 10.9 Å². The fourth-order valence-electron chi connectivity index (χ4n) is 1.89. The van der Waals surface area contributed by atoms with Crippen molar-refractivity contribution >= 4 is 38.9 Å². The Bertz CT molecular complexity index is 989. The van der Waals surface area contributed by atoms with Crippen molar-refractivity contribution in [3.05, 3.63) is 68.7 Å². The van der Waals surface area contributed by atoms with Gasteiger partial charge in [-0.1, -0.05) is 11.6 Å². The topological polar surface area (TPSA) is 135 Å². The third-order valence-electron chi connectivity index (χ3n) is 3.19. The molecule has 2 aromatic rings. The highest BCUT2D eigenvalue weighted by molar-refractivity contribution is 7.90. The van der Waals surface area contributed by atoms with Gasteiger partial charge in [-0.25, -0.2) is 8.42 Å². The Morgan fingerprint density at radius 1 is 1.00 bits per heavy atom. The van der Waals surface area contributed by atoms with E-state index in [1.807, 2.05) is 0 Å². The number of hydrazine groups is 1. The zero-order valence-corrected chi connectivity index (χ0v) is 14.8. The molecule has 2 amide bonds. The molecule has 136 valence electrons. The molecule has 0 aliphatic carbocycles. The van der Waals surface area contributed by atoms with E-state index >= 15 is 0 Å². The zero-order chi connectivity index (χ0) is 19.5. The monoisotopic (exact) mass is 397 g/mol. The summed E-state index contributed by atoms with van der Waals surface area (Å²) in [5.74, 6) is -1.57. The maximum absolute atomic E-state index is 12.1. The third kappa shape index (κ3) is 4.77. The highest BCUT2D eigenvalue weighted by Gasteiger charge is 2.19. The standard InChI is InChI=1S/C15H12ClN3O6S/c1-26(24,25)13-7-10(6-12(8-13)19(22)23)15(21)18-17-14(20)9-2-4-11(16)5-3-9/h2-8H,1H3,(H,17,20)(H,18,21). The Morgan fingerprint density at radius 3 is 2.04 bits per heavy atom. The molecule has 0 spiro atoms. The summed E-state index contributed by atoms with van der Waals surface area (Å²) in [6.45, 7) is 0. The van der Waals surface area contributed by atoms with E-state index in [2.05, 4.69) is 10.9 Å². The van der Waals surface area contributed by atoms with Crippen LogP contribution in [0.25, 0.3) is 0 Å². The lowest BCUT2D eigenvalue weighted by Gasteiger charge is -2.08. The first-order chi connectivity index (χ1) is 12.1. The number of nitro benzene ring substituents is 1. The van der Waals surface area contributed by atoms with Crippen molar-refractivity contribution in [3.63, 3.8) is 0 Å². The van der Waals surface area contributed by atoms with Gasteiger partial charge < -0.3 is 0 Å². The molecule has 26 heavy (non-hydrogen) atoms. The number of hydrogen-bond acceptors (Lipinski definition) is 6. The van der Waals surface area contributed by atoms with Crippen LogP contribution in [0.1, 0.15) is 20.7 Å². The Labute approximate surface area is 153 Å². The van der Waals surface area contributed by atoms with E-state index in [0.29, 0.717) is 5.02 Å². The van der Waals surface area contributed by atoms with Gasteiger partial charge in [0.15, 0.2) is 9.84 Å². The summed E-state index contributed by atoms with van der Waals surface area (Å²) in [6, 6.07) is 8.55. The first-order valence-corrected chi connectivity index (χ1v) is 9.20. The van der Waals surface area contributed by atoms with Crippen molar-refractivity contribution in [1.29, 1.82) is 0 Å². The van der Waals surface area contributed by atoms with Gasteiger partial charge in [-0.3, -0.25) is 30.6 Å². The molecule has 0 aliphatic rings. The summed E-state index contributed by atoms with van der Waals surface area (Å²) < 4.78 is 23.3. The number of sulfone groups is 1. The molecule has 0 heterocycles. The Balaban J connectivity index is 2.21. The Morgan fingerprint density at radius 2 is 1.54 bits per heavy atom. The number of carbonyl (C=O) groups excluding carboxylic acids is 2. The van der Waals surface area contributed by atoms with Gasteiger partial charge >= 0.3 is 0 Å². The van der Waals surface area contributed by atoms with Crippen LogP contribution in [0.5, 0.6) is 0 Å². The third-order valence-corrected chi connectivity index (χ3v) is 4.53. The largest absolute Gasteiger partial charge is 0.271 e. The fraction of sp³-hybridized carbons (Fsp3) is 0.0667. The lowest BCUT2D eigenvalue weighted by molar-refractivity contribution is -0.385. The van der Waals surface area contributed by atoms with Crippen LogP contribution < -0.4 is 10.9 Å². The number of benzene rings is 2. The molecule has 0 fully saturated rings. The SMILES string of the molecule is CS(=O)(=O)c1cc(C(=O)NNC(=O)c2ccc(Cl)cc2)cc([N+](=O)[O-])c1. The van der Waals surface area contributed by atoms with E-state index in [9.17, 15) is 28.1 Å². The number of carbonyl (C=O) groups is 2. The predicted octanol–water partition coefficient (Wildman–Crippen LogP) is 1.73. The highest BCUT2D eigenvalue weighted by Crippen LogP contribution is 2.20. The lowest BCUT2D eigenvalue weighted by atomic mass is 10.2. The molecule has 0 saturated carbocycles. The van der Waals surface area contributed by atoms with E-state index in [0.717, 1.165) is 24.5 Å². The Hall–Kier alpha value is -2.98. The van der Waals surface area contributed by atoms with E-state index in [1.165, 1.54) is 24.3 Å². The van der Waals surface area contributed by atoms with Crippen LogP contribution >= 0.6 is 11.6 Å². The van der Waals surface area contributed by atoms with Gasteiger partial charge in [-0.05, 0) is 30.3 Å². The fourth-order valence-corrected chi connectivity index (χ4v) is 2.69. The molecule has 0 aromatic heterocycles. The molecule has 0 aliphatic heterocycles. The van der Waals surface area contributed by atoms with Crippen LogP contribution in [-0.2, 0) is 9.84 Å². The minimum atomic E-state index is -3.78.